The van der Waals surface area contributed by atoms with Gasteiger partial charge < -0.3 is 24.2 Å². The van der Waals surface area contributed by atoms with E-state index in [4.69, 9.17) is 19.3 Å². The van der Waals surface area contributed by atoms with Crippen molar-refractivity contribution >= 4 is 23.9 Å². The maximum absolute atomic E-state index is 13.8. The van der Waals surface area contributed by atoms with Crippen LogP contribution in [0.5, 0.6) is 23.1 Å². The Hall–Kier alpha value is -5.33. The lowest BCUT2D eigenvalue weighted by Gasteiger charge is -2.18. The third-order valence-corrected chi connectivity index (χ3v) is 5.97. The normalized spacial score (nSPS) is 12.2. The molecule has 204 valence electrons. The van der Waals surface area contributed by atoms with E-state index in [0.29, 0.717) is 17.2 Å². The molecule has 5 rings (SSSR count). The van der Waals surface area contributed by atoms with Gasteiger partial charge >= 0.3 is 12.1 Å². The molecule has 1 aromatic heterocycles. The molecule has 0 aliphatic carbocycles. The van der Waals surface area contributed by atoms with Crippen LogP contribution in [-0.4, -0.2) is 46.9 Å². The highest BCUT2D eigenvalue weighted by Crippen LogP contribution is 2.38. The number of benzene rings is 3. The van der Waals surface area contributed by atoms with Crippen LogP contribution in [-0.2, 0) is 6.18 Å². The summed E-state index contributed by atoms with van der Waals surface area (Å²) >= 11 is 0. The van der Waals surface area contributed by atoms with Crippen molar-refractivity contribution in [3.63, 3.8) is 0 Å². The first-order valence-electron chi connectivity index (χ1n) is 11.5. The molecule has 40 heavy (non-hydrogen) atoms. The van der Waals surface area contributed by atoms with Crippen molar-refractivity contribution in [2.45, 2.75) is 6.18 Å². The maximum Gasteiger partial charge on any atom is 0.436 e. The molecule has 0 fully saturated rings. The first kappa shape index (κ1) is 26.3. The van der Waals surface area contributed by atoms with E-state index in [9.17, 15) is 27.6 Å². The number of ether oxygens (including phenoxy) is 3. The van der Waals surface area contributed by atoms with Gasteiger partial charge in [0.25, 0.3) is 5.91 Å². The van der Waals surface area contributed by atoms with E-state index >= 15 is 0 Å². The molecule has 4 aromatic rings. The maximum atomic E-state index is 13.8. The number of aromatic carboxylic acids is 1. The first-order valence-corrected chi connectivity index (χ1v) is 11.5. The number of carboxylic acid groups (broad SMARTS) is 1. The van der Waals surface area contributed by atoms with E-state index in [1.165, 1.54) is 60.5 Å². The van der Waals surface area contributed by atoms with Crippen LogP contribution in [0.15, 0.2) is 66.7 Å². The van der Waals surface area contributed by atoms with Crippen molar-refractivity contribution in [1.82, 2.24) is 9.78 Å². The van der Waals surface area contributed by atoms with Crippen LogP contribution in [0.25, 0.3) is 5.69 Å². The van der Waals surface area contributed by atoms with E-state index in [1.54, 1.807) is 18.2 Å². The van der Waals surface area contributed by atoms with E-state index in [2.05, 4.69) is 5.10 Å². The molecular weight excluding hydrogens is 535 g/mol. The predicted octanol–water partition coefficient (Wildman–Crippen LogP) is 5.20. The average Bonchev–Trinajstić information content (AvgIpc) is 3.56. The Kier molecular flexibility index (Phi) is 6.63. The number of carbonyl (C=O) groups is 3. The van der Waals surface area contributed by atoms with Crippen molar-refractivity contribution < 1.29 is 46.9 Å². The van der Waals surface area contributed by atoms with Gasteiger partial charge in [0, 0.05) is 24.4 Å². The lowest BCUT2D eigenvalue weighted by atomic mass is 10.1. The molecule has 1 amide bonds. The van der Waals surface area contributed by atoms with E-state index in [0.717, 1.165) is 4.68 Å². The fourth-order valence-corrected chi connectivity index (χ4v) is 3.96. The number of hydrogen-bond donors (Lipinski definition) is 1. The molecule has 0 unspecified atom stereocenters. The quantitative estimate of drug-likeness (QED) is 0.310. The Labute approximate surface area is 223 Å². The van der Waals surface area contributed by atoms with Crippen molar-refractivity contribution in [2.24, 2.45) is 0 Å². The first-order chi connectivity index (χ1) is 19.1. The van der Waals surface area contributed by atoms with Gasteiger partial charge in [0.15, 0.2) is 23.5 Å². The standard InChI is InChI=1S/C27H18F3N3O7/c1-32(17-7-10-21-22(12-17)39-14-38-21)24(35)16-3-2-4-18(11-16)33-25(20(13-34)23(31-33)27(28,29)30)40-19-8-5-15(6-9-19)26(36)37/h2-13H,14H2,1H3,(H,36,37). The number of halogens is 3. The van der Waals surface area contributed by atoms with Crippen LogP contribution in [0.4, 0.5) is 18.9 Å². The molecule has 3 aromatic carbocycles. The molecule has 0 saturated heterocycles. The number of rotatable bonds is 7. The molecule has 0 saturated carbocycles. The molecule has 2 heterocycles. The highest BCUT2D eigenvalue weighted by molar-refractivity contribution is 6.06. The Balaban J connectivity index is 1.53. The summed E-state index contributed by atoms with van der Waals surface area (Å²) in [4.78, 5) is 37.5. The number of hydrogen-bond acceptors (Lipinski definition) is 7. The number of aromatic nitrogens is 2. The minimum Gasteiger partial charge on any atom is -0.478 e. The number of carbonyl (C=O) groups excluding carboxylic acids is 2. The van der Waals surface area contributed by atoms with Crippen LogP contribution in [0, 0.1) is 0 Å². The number of anilines is 1. The molecule has 1 N–H and O–H groups in total. The van der Waals surface area contributed by atoms with Crippen molar-refractivity contribution in [3.8, 4) is 28.8 Å². The monoisotopic (exact) mass is 553 g/mol. The van der Waals surface area contributed by atoms with E-state index in [1.807, 2.05) is 0 Å². The van der Waals surface area contributed by atoms with Crippen LogP contribution in [0.2, 0.25) is 0 Å². The van der Waals surface area contributed by atoms with Crippen molar-refractivity contribution in [2.75, 3.05) is 18.7 Å². The lowest BCUT2D eigenvalue weighted by molar-refractivity contribution is -0.141. The zero-order chi connectivity index (χ0) is 28.6. The van der Waals surface area contributed by atoms with Crippen LogP contribution >= 0.6 is 0 Å². The second kappa shape index (κ2) is 10.1. The fraction of sp³-hybridized carbons (Fsp3) is 0.111. The smallest absolute Gasteiger partial charge is 0.436 e. The highest BCUT2D eigenvalue weighted by atomic mass is 19.4. The number of alkyl halides is 3. The van der Waals surface area contributed by atoms with Gasteiger partial charge in [0.2, 0.25) is 12.7 Å². The minimum absolute atomic E-state index is 0.000641. The molecule has 1 aliphatic heterocycles. The Morgan fingerprint density at radius 2 is 1.75 bits per heavy atom. The molecule has 1 aliphatic rings. The third kappa shape index (κ3) is 4.91. The Morgan fingerprint density at radius 3 is 2.42 bits per heavy atom. The second-order valence-corrected chi connectivity index (χ2v) is 8.48. The van der Waals surface area contributed by atoms with Crippen LogP contribution in [0.3, 0.4) is 0 Å². The second-order valence-electron chi connectivity index (χ2n) is 8.48. The number of aldehydes is 1. The zero-order valence-corrected chi connectivity index (χ0v) is 20.5. The summed E-state index contributed by atoms with van der Waals surface area (Å²) in [5, 5.41) is 12.7. The van der Waals surface area contributed by atoms with Crippen LogP contribution in [0.1, 0.15) is 36.8 Å². The van der Waals surface area contributed by atoms with Gasteiger partial charge in [0.05, 0.1) is 11.3 Å². The van der Waals surface area contributed by atoms with Gasteiger partial charge in [0.1, 0.15) is 11.3 Å². The molecular formula is C27H18F3N3O7. The summed E-state index contributed by atoms with van der Waals surface area (Å²) in [5.41, 5.74) is -1.86. The zero-order valence-electron chi connectivity index (χ0n) is 20.5. The van der Waals surface area contributed by atoms with Gasteiger partial charge in [-0.2, -0.15) is 23.0 Å². The van der Waals surface area contributed by atoms with E-state index < -0.39 is 35.2 Å². The number of nitrogens with zero attached hydrogens (tertiary/aromatic N) is 3. The molecule has 0 atom stereocenters. The van der Waals surface area contributed by atoms with E-state index in [-0.39, 0.29) is 35.6 Å². The van der Waals surface area contributed by atoms with Gasteiger partial charge in [-0.3, -0.25) is 9.59 Å². The van der Waals surface area contributed by atoms with Gasteiger partial charge in [-0.15, -0.1) is 0 Å². The largest absolute Gasteiger partial charge is 0.478 e. The predicted molar refractivity (Wildman–Crippen MR) is 133 cm³/mol. The summed E-state index contributed by atoms with van der Waals surface area (Å²) < 4.78 is 58.4. The summed E-state index contributed by atoms with van der Waals surface area (Å²) in [7, 11) is 1.52. The summed E-state index contributed by atoms with van der Waals surface area (Å²) in [6.45, 7) is 0.0547. The molecule has 0 spiro atoms. The van der Waals surface area contributed by atoms with Crippen molar-refractivity contribution in [1.29, 1.82) is 0 Å². The van der Waals surface area contributed by atoms with Crippen LogP contribution < -0.4 is 19.1 Å². The highest BCUT2D eigenvalue weighted by Gasteiger charge is 2.40. The summed E-state index contributed by atoms with van der Waals surface area (Å²) in [6.07, 6.45) is -5.03. The average molecular weight is 553 g/mol. The fourth-order valence-electron chi connectivity index (χ4n) is 3.96. The van der Waals surface area contributed by atoms with Gasteiger partial charge in [-0.25, -0.2) is 4.79 Å². The molecule has 10 nitrogen and oxygen atoms in total. The topological polar surface area (TPSA) is 120 Å². The Morgan fingerprint density at radius 1 is 1.02 bits per heavy atom. The summed E-state index contributed by atoms with van der Waals surface area (Å²) in [6, 6.07) is 15.3. The Bertz CT molecular complexity index is 1630. The number of carboxylic acids is 1. The lowest BCUT2D eigenvalue weighted by Crippen LogP contribution is -2.26. The molecule has 0 radical (unpaired) electrons. The summed E-state index contributed by atoms with van der Waals surface area (Å²) in [5.74, 6) is -1.33. The number of fused-ring (bicyclic) bond motifs is 1. The SMILES string of the molecule is CN(C(=O)c1cccc(-n2nc(C(F)(F)F)c(C=O)c2Oc2ccc(C(=O)O)cc2)c1)c1ccc2c(c1)OCO2. The molecule has 0 bridgehead atoms. The van der Waals surface area contributed by atoms with Gasteiger partial charge in [-0.1, -0.05) is 6.07 Å². The molecule has 13 heteroatoms. The third-order valence-electron chi connectivity index (χ3n) is 5.97. The van der Waals surface area contributed by atoms with Gasteiger partial charge in [-0.05, 0) is 54.6 Å². The minimum atomic E-state index is -5.00. The van der Waals surface area contributed by atoms with Crippen molar-refractivity contribution in [3.05, 3.63) is 89.1 Å². The number of amides is 1.